The van der Waals surface area contributed by atoms with Gasteiger partial charge in [0.15, 0.2) is 0 Å². The molecule has 2 aromatic heterocycles. The molecule has 22 heavy (non-hydrogen) atoms. The summed E-state index contributed by atoms with van der Waals surface area (Å²) in [5.41, 5.74) is 1.95. The molecule has 0 aliphatic heterocycles. The molecule has 0 saturated heterocycles. The number of benzene rings is 1. The van der Waals surface area contributed by atoms with E-state index in [9.17, 15) is 4.79 Å². The number of carboxylic acids is 1. The number of nitrogens with zero attached hydrogens (tertiary/aromatic N) is 2. The summed E-state index contributed by atoms with van der Waals surface area (Å²) in [5, 5.41) is 13.3. The molecule has 5 nitrogen and oxygen atoms in total. The first-order chi connectivity index (χ1) is 10.6. The molecule has 1 aromatic carbocycles. The van der Waals surface area contributed by atoms with E-state index >= 15 is 0 Å². The second-order valence-electron chi connectivity index (χ2n) is 4.97. The molecule has 6 heteroatoms. The Labute approximate surface area is 131 Å². The van der Waals surface area contributed by atoms with E-state index in [0.29, 0.717) is 5.82 Å². The van der Waals surface area contributed by atoms with E-state index in [0.717, 1.165) is 27.9 Å². The molecule has 2 N–H and O–H groups in total. The second-order valence-corrected chi connectivity index (χ2v) is 6.08. The maximum absolute atomic E-state index is 11.1. The van der Waals surface area contributed by atoms with Crippen molar-refractivity contribution in [2.45, 2.75) is 20.3 Å². The molecule has 0 fully saturated rings. The van der Waals surface area contributed by atoms with Gasteiger partial charge in [-0.3, -0.25) is 0 Å². The first-order valence-corrected chi connectivity index (χ1v) is 7.74. The smallest absolute Gasteiger partial charge is 0.335 e. The SMILES string of the molecule is CCc1cc2c(Nc3cc(C(=O)O)ccc3C)ncnc2s1. The molecule has 3 rings (SSSR count). The molecule has 0 saturated carbocycles. The van der Waals surface area contributed by atoms with E-state index in [1.165, 1.54) is 11.2 Å². The van der Waals surface area contributed by atoms with Gasteiger partial charge in [-0.1, -0.05) is 13.0 Å². The molecule has 0 unspecified atom stereocenters. The van der Waals surface area contributed by atoms with Gasteiger partial charge in [0.05, 0.1) is 10.9 Å². The predicted octanol–water partition coefficient (Wildman–Crippen LogP) is 4.00. The number of hydrogen-bond donors (Lipinski definition) is 2. The van der Waals surface area contributed by atoms with Crippen LogP contribution < -0.4 is 5.32 Å². The fourth-order valence-corrected chi connectivity index (χ4v) is 3.13. The van der Waals surface area contributed by atoms with Crippen LogP contribution in [0.3, 0.4) is 0 Å². The first-order valence-electron chi connectivity index (χ1n) is 6.93. The molecule has 0 aliphatic rings. The van der Waals surface area contributed by atoms with Crippen molar-refractivity contribution in [1.82, 2.24) is 9.97 Å². The van der Waals surface area contributed by atoms with Crippen molar-refractivity contribution >= 4 is 39.0 Å². The standard InChI is InChI=1S/C16H15N3O2S/c1-3-11-7-12-14(17-8-18-15(12)22-11)19-13-6-10(16(20)21)5-4-9(13)2/h4-8H,3H2,1-2H3,(H,20,21)(H,17,18,19). The topological polar surface area (TPSA) is 75.1 Å². The molecular weight excluding hydrogens is 298 g/mol. The number of fused-ring (bicyclic) bond motifs is 1. The van der Waals surface area contributed by atoms with Crippen molar-refractivity contribution in [3.63, 3.8) is 0 Å². The Hall–Kier alpha value is -2.47. The predicted molar refractivity (Wildman–Crippen MR) is 88.2 cm³/mol. The molecule has 2 heterocycles. The number of rotatable bonds is 4. The number of carboxylic acid groups (broad SMARTS) is 1. The summed E-state index contributed by atoms with van der Waals surface area (Å²) in [6, 6.07) is 7.09. The van der Waals surface area contributed by atoms with Crippen molar-refractivity contribution in [3.05, 3.63) is 46.6 Å². The van der Waals surface area contributed by atoms with Gasteiger partial charge in [0.2, 0.25) is 0 Å². The Morgan fingerprint density at radius 3 is 2.86 bits per heavy atom. The van der Waals surface area contributed by atoms with Crippen molar-refractivity contribution in [2.24, 2.45) is 0 Å². The van der Waals surface area contributed by atoms with Crippen molar-refractivity contribution in [3.8, 4) is 0 Å². The first kappa shape index (κ1) is 14.5. The minimum atomic E-state index is -0.945. The number of thiophene rings is 1. The monoisotopic (exact) mass is 313 g/mol. The van der Waals surface area contributed by atoms with Crippen LogP contribution in [0, 0.1) is 6.92 Å². The summed E-state index contributed by atoms with van der Waals surface area (Å²) in [6.07, 6.45) is 2.48. The maximum Gasteiger partial charge on any atom is 0.335 e. The van der Waals surface area contributed by atoms with E-state index < -0.39 is 5.97 Å². The van der Waals surface area contributed by atoms with Crippen molar-refractivity contribution < 1.29 is 9.90 Å². The maximum atomic E-state index is 11.1. The van der Waals surface area contributed by atoms with Gasteiger partial charge >= 0.3 is 5.97 Å². The van der Waals surface area contributed by atoms with Crippen LogP contribution in [0.4, 0.5) is 11.5 Å². The average Bonchev–Trinajstić information content (AvgIpc) is 2.93. The minimum Gasteiger partial charge on any atom is -0.478 e. The number of aryl methyl sites for hydroxylation is 2. The zero-order chi connectivity index (χ0) is 15.7. The Morgan fingerprint density at radius 2 is 2.14 bits per heavy atom. The summed E-state index contributed by atoms with van der Waals surface area (Å²) in [5.74, 6) is -0.244. The number of anilines is 2. The van der Waals surface area contributed by atoms with E-state index in [4.69, 9.17) is 5.11 Å². The molecule has 0 aliphatic carbocycles. The van der Waals surface area contributed by atoms with E-state index in [1.807, 2.05) is 6.92 Å². The van der Waals surface area contributed by atoms with Gasteiger partial charge in [0.1, 0.15) is 17.0 Å². The Kier molecular flexibility index (Phi) is 3.77. The third kappa shape index (κ3) is 2.65. The van der Waals surface area contributed by atoms with E-state index in [1.54, 1.807) is 29.5 Å². The molecule has 0 spiro atoms. The molecule has 3 aromatic rings. The summed E-state index contributed by atoms with van der Waals surface area (Å²) in [4.78, 5) is 21.9. The van der Waals surface area contributed by atoms with Crippen LogP contribution in [-0.4, -0.2) is 21.0 Å². The highest BCUT2D eigenvalue weighted by Gasteiger charge is 2.11. The number of carbonyl (C=O) groups is 1. The lowest BCUT2D eigenvalue weighted by molar-refractivity contribution is 0.0697. The van der Waals surface area contributed by atoms with Gasteiger partial charge in [-0.15, -0.1) is 11.3 Å². The van der Waals surface area contributed by atoms with Crippen molar-refractivity contribution in [1.29, 1.82) is 0 Å². The van der Waals surface area contributed by atoms with Gasteiger partial charge < -0.3 is 10.4 Å². The normalized spacial score (nSPS) is 10.8. The summed E-state index contributed by atoms with van der Waals surface area (Å²) < 4.78 is 0. The number of hydrogen-bond acceptors (Lipinski definition) is 5. The van der Waals surface area contributed by atoms with Crippen LogP contribution in [0.1, 0.15) is 27.7 Å². The van der Waals surface area contributed by atoms with Crippen LogP contribution >= 0.6 is 11.3 Å². The van der Waals surface area contributed by atoms with Crippen LogP contribution in [0.5, 0.6) is 0 Å². The second kappa shape index (κ2) is 5.73. The zero-order valence-corrected chi connectivity index (χ0v) is 13.1. The van der Waals surface area contributed by atoms with Crippen LogP contribution in [-0.2, 0) is 6.42 Å². The lowest BCUT2D eigenvalue weighted by Gasteiger charge is -2.10. The Morgan fingerprint density at radius 1 is 1.32 bits per heavy atom. The molecule has 0 amide bonds. The minimum absolute atomic E-state index is 0.248. The average molecular weight is 313 g/mol. The fourth-order valence-electron chi connectivity index (χ4n) is 2.20. The highest BCUT2D eigenvalue weighted by Crippen LogP contribution is 2.31. The third-order valence-electron chi connectivity index (χ3n) is 3.47. The summed E-state index contributed by atoms with van der Waals surface area (Å²) in [7, 11) is 0. The molecular formula is C16H15N3O2S. The molecule has 0 atom stereocenters. The van der Waals surface area contributed by atoms with Gasteiger partial charge in [-0.05, 0) is 37.1 Å². The molecule has 0 radical (unpaired) electrons. The summed E-state index contributed by atoms with van der Waals surface area (Å²) in [6.45, 7) is 4.03. The zero-order valence-electron chi connectivity index (χ0n) is 12.3. The van der Waals surface area contributed by atoms with E-state index in [-0.39, 0.29) is 5.56 Å². The van der Waals surface area contributed by atoms with Crippen LogP contribution in [0.15, 0.2) is 30.6 Å². The molecule has 112 valence electrons. The number of aromatic nitrogens is 2. The number of nitrogens with one attached hydrogen (secondary N) is 1. The highest BCUT2D eigenvalue weighted by molar-refractivity contribution is 7.18. The van der Waals surface area contributed by atoms with Gasteiger partial charge in [-0.2, -0.15) is 0 Å². The molecule has 0 bridgehead atoms. The van der Waals surface area contributed by atoms with Gasteiger partial charge in [0, 0.05) is 10.6 Å². The number of aromatic carboxylic acids is 1. The third-order valence-corrected chi connectivity index (χ3v) is 4.65. The van der Waals surface area contributed by atoms with Gasteiger partial charge in [-0.25, -0.2) is 14.8 Å². The lowest BCUT2D eigenvalue weighted by atomic mass is 10.1. The quantitative estimate of drug-likeness (QED) is 0.761. The Balaban J connectivity index is 2.04. The van der Waals surface area contributed by atoms with E-state index in [2.05, 4.69) is 28.3 Å². The van der Waals surface area contributed by atoms with Crippen molar-refractivity contribution in [2.75, 3.05) is 5.32 Å². The highest BCUT2D eigenvalue weighted by atomic mass is 32.1. The lowest BCUT2D eigenvalue weighted by Crippen LogP contribution is -2.01. The van der Waals surface area contributed by atoms with Gasteiger partial charge in [0.25, 0.3) is 0 Å². The largest absolute Gasteiger partial charge is 0.478 e. The summed E-state index contributed by atoms with van der Waals surface area (Å²) >= 11 is 1.65. The Bertz CT molecular complexity index is 858. The van der Waals surface area contributed by atoms with Crippen LogP contribution in [0.2, 0.25) is 0 Å². The fraction of sp³-hybridized carbons (Fsp3) is 0.188. The van der Waals surface area contributed by atoms with Crippen LogP contribution in [0.25, 0.3) is 10.2 Å².